The molecular formula is C20H24ClN3O2. The molecule has 1 saturated heterocycles. The predicted molar refractivity (Wildman–Crippen MR) is 104 cm³/mol. The summed E-state index contributed by atoms with van der Waals surface area (Å²) in [5.41, 5.74) is 2.90. The minimum absolute atomic E-state index is 0.158. The molecule has 1 fully saturated rings. The third-order valence-electron chi connectivity index (χ3n) is 5.06. The molecule has 1 aliphatic rings. The molecular weight excluding hydrogens is 350 g/mol. The Morgan fingerprint density at radius 3 is 2.31 bits per heavy atom. The molecule has 26 heavy (non-hydrogen) atoms. The smallest absolute Gasteiger partial charge is 0.263 e. The average Bonchev–Trinajstić information content (AvgIpc) is 2.62. The van der Waals surface area contributed by atoms with Crippen LogP contribution >= 0.6 is 11.6 Å². The number of hydrogen-bond acceptors (Lipinski definition) is 3. The first-order valence-corrected chi connectivity index (χ1v) is 9.18. The number of nitrogens with zero attached hydrogens (tertiary/aromatic N) is 3. The SMILES string of the molecule is Cc1cc(C)n(C)c(=O)c1C(=O)N1CCN(Cc2ccc(Cl)cc2)CC1. The zero-order valence-corrected chi connectivity index (χ0v) is 16.2. The van der Waals surface area contributed by atoms with E-state index in [9.17, 15) is 9.59 Å². The number of carbonyl (C=O) groups is 1. The molecule has 0 saturated carbocycles. The summed E-state index contributed by atoms with van der Waals surface area (Å²) in [6.45, 7) is 7.38. The van der Waals surface area contributed by atoms with Crippen molar-refractivity contribution in [3.8, 4) is 0 Å². The molecule has 2 heterocycles. The molecule has 0 N–H and O–H groups in total. The first kappa shape index (κ1) is 18.7. The largest absolute Gasteiger partial charge is 0.336 e. The fourth-order valence-electron chi connectivity index (χ4n) is 3.35. The summed E-state index contributed by atoms with van der Waals surface area (Å²) in [6, 6.07) is 9.74. The van der Waals surface area contributed by atoms with Gasteiger partial charge in [-0.25, -0.2) is 0 Å². The van der Waals surface area contributed by atoms with Gasteiger partial charge in [-0.05, 0) is 43.2 Å². The highest BCUT2D eigenvalue weighted by Gasteiger charge is 2.26. The second-order valence-electron chi connectivity index (χ2n) is 6.90. The monoisotopic (exact) mass is 373 g/mol. The van der Waals surface area contributed by atoms with Crippen molar-refractivity contribution in [2.75, 3.05) is 26.2 Å². The van der Waals surface area contributed by atoms with Crippen LogP contribution in [0.3, 0.4) is 0 Å². The van der Waals surface area contributed by atoms with E-state index in [4.69, 9.17) is 11.6 Å². The van der Waals surface area contributed by atoms with Gasteiger partial charge < -0.3 is 9.47 Å². The lowest BCUT2D eigenvalue weighted by atomic mass is 10.1. The molecule has 0 spiro atoms. The van der Waals surface area contributed by atoms with E-state index in [-0.39, 0.29) is 11.5 Å². The quantitative estimate of drug-likeness (QED) is 0.830. The molecule has 138 valence electrons. The van der Waals surface area contributed by atoms with Crippen LogP contribution in [0.15, 0.2) is 35.1 Å². The second kappa shape index (κ2) is 7.64. The van der Waals surface area contributed by atoms with Gasteiger partial charge in [0.1, 0.15) is 5.56 Å². The van der Waals surface area contributed by atoms with Gasteiger partial charge >= 0.3 is 0 Å². The Hall–Kier alpha value is -2.11. The summed E-state index contributed by atoms with van der Waals surface area (Å²) in [7, 11) is 1.71. The van der Waals surface area contributed by atoms with E-state index in [1.54, 1.807) is 11.9 Å². The van der Waals surface area contributed by atoms with Gasteiger partial charge in [-0.15, -0.1) is 0 Å². The lowest BCUT2D eigenvalue weighted by Crippen LogP contribution is -2.49. The van der Waals surface area contributed by atoms with E-state index in [2.05, 4.69) is 4.90 Å². The summed E-state index contributed by atoms with van der Waals surface area (Å²) in [6.07, 6.45) is 0. The highest BCUT2D eigenvalue weighted by Crippen LogP contribution is 2.15. The van der Waals surface area contributed by atoms with Gasteiger partial charge in [0, 0.05) is 50.5 Å². The van der Waals surface area contributed by atoms with Crippen LogP contribution < -0.4 is 5.56 Å². The fraction of sp³-hybridized carbons (Fsp3) is 0.400. The van der Waals surface area contributed by atoms with E-state index >= 15 is 0 Å². The number of carbonyl (C=O) groups excluding carboxylic acids is 1. The molecule has 1 amide bonds. The van der Waals surface area contributed by atoms with Crippen LogP contribution in [0.25, 0.3) is 0 Å². The van der Waals surface area contributed by atoms with Gasteiger partial charge in [0.25, 0.3) is 11.5 Å². The second-order valence-corrected chi connectivity index (χ2v) is 7.34. The van der Waals surface area contributed by atoms with Crippen molar-refractivity contribution in [3.63, 3.8) is 0 Å². The summed E-state index contributed by atoms with van der Waals surface area (Å²) in [5.74, 6) is -0.158. The highest BCUT2D eigenvalue weighted by atomic mass is 35.5. The minimum Gasteiger partial charge on any atom is -0.336 e. The Morgan fingerprint density at radius 2 is 1.69 bits per heavy atom. The number of hydrogen-bond donors (Lipinski definition) is 0. The van der Waals surface area contributed by atoms with E-state index in [1.165, 1.54) is 10.1 Å². The normalized spacial score (nSPS) is 15.3. The Labute approximate surface area is 158 Å². The predicted octanol–water partition coefficient (Wildman–Crippen LogP) is 2.61. The van der Waals surface area contributed by atoms with Crippen LogP contribution in [0, 0.1) is 13.8 Å². The average molecular weight is 374 g/mol. The summed E-state index contributed by atoms with van der Waals surface area (Å²) >= 11 is 5.93. The topological polar surface area (TPSA) is 45.6 Å². The van der Waals surface area contributed by atoms with E-state index in [1.807, 2.05) is 44.2 Å². The molecule has 1 aromatic carbocycles. The molecule has 0 bridgehead atoms. The van der Waals surface area contributed by atoms with Crippen molar-refractivity contribution >= 4 is 17.5 Å². The van der Waals surface area contributed by atoms with Crippen molar-refractivity contribution in [3.05, 3.63) is 68.1 Å². The maximum Gasteiger partial charge on any atom is 0.263 e. The molecule has 0 radical (unpaired) electrons. The first-order valence-electron chi connectivity index (χ1n) is 8.80. The van der Waals surface area contributed by atoms with Crippen molar-refractivity contribution in [1.29, 1.82) is 0 Å². The van der Waals surface area contributed by atoms with Crippen LogP contribution in [0.5, 0.6) is 0 Å². The third kappa shape index (κ3) is 3.84. The Kier molecular flexibility index (Phi) is 5.49. The van der Waals surface area contributed by atoms with Gasteiger partial charge in [0.05, 0.1) is 0 Å². The van der Waals surface area contributed by atoms with E-state index in [0.717, 1.165) is 35.9 Å². The number of aryl methyl sites for hydroxylation is 2. The summed E-state index contributed by atoms with van der Waals surface area (Å²) in [5, 5.41) is 0.735. The van der Waals surface area contributed by atoms with Crippen molar-refractivity contribution < 1.29 is 4.79 Å². The maximum absolute atomic E-state index is 12.9. The fourth-order valence-corrected chi connectivity index (χ4v) is 3.48. The number of benzene rings is 1. The molecule has 1 aliphatic heterocycles. The molecule has 1 aromatic heterocycles. The lowest BCUT2D eigenvalue weighted by Gasteiger charge is -2.35. The van der Waals surface area contributed by atoms with E-state index in [0.29, 0.717) is 18.7 Å². The van der Waals surface area contributed by atoms with Crippen molar-refractivity contribution in [1.82, 2.24) is 14.4 Å². The number of rotatable bonds is 3. The molecule has 5 nitrogen and oxygen atoms in total. The van der Waals surface area contributed by atoms with Crippen molar-refractivity contribution in [2.24, 2.45) is 7.05 Å². The van der Waals surface area contributed by atoms with Crippen LogP contribution in [0.1, 0.15) is 27.2 Å². The molecule has 3 rings (SSSR count). The van der Waals surface area contributed by atoms with Gasteiger partial charge in [-0.2, -0.15) is 0 Å². The lowest BCUT2D eigenvalue weighted by molar-refractivity contribution is 0.0625. The Bertz CT molecular complexity index is 866. The standard InChI is InChI=1S/C20H24ClN3O2/c1-14-12-15(2)22(3)19(25)18(14)20(26)24-10-8-23(9-11-24)13-16-4-6-17(21)7-5-16/h4-7,12H,8-11,13H2,1-3H3. The third-order valence-corrected chi connectivity index (χ3v) is 5.31. The van der Waals surface area contributed by atoms with Gasteiger partial charge in [-0.1, -0.05) is 23.7 Å². The zero-order valence-electron chi connectivity index (χ0n) is 15.5. The van der Waals surface area contributed by atoms with Crippen LogP contribution in [-0.2, 0) is 13.6 Å². The number of pyridine rings is 1. The number of aromatic nitrogens is 1. The van der Waals surface area contributed by atoms with Gasteiger partial charge in [-0.3, -0.25) is 14.5 Å². The maximum atomic E-state index is 12.9. The van der Waals surface area contributed by atoms with Gasteiger partial charge in [0.15, 0.2) is 0 Å². The van der Waals surface area contributed by atoms with Crippen LogP contribution in [0.4, 0.5) is 0 Å². The summed E-state index contributed by atoms with van der Waals surface area (Å²) < 4.78 is 1.54. The van der Waals surface area contributed by atoms with Crippen molar-refractivity contribution in [2.45, 2.75) is 20.4 Å². The molecule has 0 unspecified atom stereocenters. The Morgan fingerprint density at radius 1 is 1.08 bits per heavy atom. The molecule has 2 aromatic rings. The van der Waals surface area contributed by atoms with E-state index < -0.39 is 0 Å². The summed E-state index contributed by atoms with van der Waals surface area (Å²) in [4.78, 5) is 29.5. The molecule has 0 aliphatic carbocycles. The number of piperazine rings is 1. The number of halogens is 1. The van der Waals surface area contributed by atoms with Crippen LogP contribution in [0.2, 0.25) is 5.02 Å². The Balaban J connectivity index is 1.67. The zero-order chi connectivity index (χ0) is 18.8. The van der Waals surface area contributed by atoms with Gasteiger partial charge in [0.2, 0.25) is 0 Å². The molecule has 0 atom stereocenters. The number of amides is 1. The van der Waals surface area contributed by atoms with Crippen LogP contribution in [-0.4, -0.2) is 46.5 Å². The first-order chi connectivity index (χ1) is 12.4. The minimum atomic E-state index is -0.212. The highest BCUT2D eigenvalue weighted by molar-refractivity contribution is 6.30. The molecule has 6 heteroatoms.